The van der Waals surface area contributed by atoms with E-state index in [4.69, 9.17) is 10.3 Å². The minimum Gasteiger partial charge on any atom is -0.368 e. The second kappa shape index (κ2) is 5.88. The van der Waals surface area contributed by atoms with Crippen molar-refractivity contribution in [1.82, 2.24) is 24.9 Å². The molecule has 0 fully saturated rings. The van der Waals surface area contributed by atoms with Gasteiger partial charge in [0.1, 0.15) is 0 Å². The number of hydrogen-bond donors (Lipinski definition) is 1. The van der Waals surface area contributed by atoms with E-state index >= 15 is 0 Å². The second-order valence-electron chi connectivity index (χ2n) is 5.71. The molecule has 2 aromatic rings. The van der Waals surface area contributed by atoms with Crippen molar-refractivity contribution in [3.8, 4) is 0 Å². The maximum atomic E-state index is 5.78. The van der Waals surface area contributed by atoms with Gasteiger partial charge in [0, 0.05) is 12.0 Å². The molecule has 21 heavy (non-hydrogen) atoms. The molecule has 2 aromatic heterocycles. The van der Waals surface area contributed by atoms with E-state index in [2.05, 4.69) is 26.9 Å². The first kappa shape index (κ1) is 15.6. The molecular weight excluding hydrogens is 288 g/mol. The second-order valence-corrected chi connectivity index (χ2v) is 7.01. The summed E-state index contributed by atoms with van der Waals surface area (Å²) < 4.78 is 7.13. The number of hydrogen-bond acceptors (Lipinski definition) is 7. The van der Waals surface area contributed by atoms with E-state index in [1.807, 2.05) is 27.7 Å². The SMILES string of the molecule is C=CCn1c(N)nnc1SC(C)c1nc(C(C)(C)C)no1. The maximum Gasteiger partial charge on any atom is 0.239 e. The third kappa shape index (κ3) is 3.44. The molecular formula is C13H20N6OS. The first-order chi connectivity index (χ1) is 9.82. The van der Waals surface area contributed by atoms with Crippen LogP contribution in [0.4, 0.5) is 5.95 Å². The molecule has 0 aliphatic rings. The Balaban J connectivity index is 2.16. The lowest BCUT2D eigenvalue weighted by Crippen LogP contribution is -2.13. The summed E-state index contributed by atoms with van der Waals surface area (Å²) in [6.45, 7) is 12.4. The average Bonchev–Trinajstić information content (AvgIpc) is 3.00. The Kier molecular flexibility index (Phi) is 4.36. The van der Waals surface area contributed by atoms with E-state index in [0.717, 1.165) is 0 Å². The van der Waals surface area contributed by atoms with Crippen molar-refractivity contribution >= 4 is 17.7 Å². The molecule has 7 nitrogen and oxygen atoms in total. The number of rotatable bonds is 5. The van der Waals surface area contributed by atoms with Crippen LogP contribution in [-0.4, -0.2) is 24.9 Å². The minimum atomic E-state index is -0.139. The highest BCUT2D eigenvalue weighted by molar-refractivity contribution is 7.99. The Morgan fingerprint density at radius 3 is 2.71 bits per heavy atom. The fourth-order valence-corrected chi connectivity index (χ4v) is 2.50. The molecule has 0 aliphatic heterocycles. The number of aromatic nitrogens is 5. The molecule has 1 unspecified atom stereocenters. The van der Waals surface area contributed by atoms with Gasteiger partial charge in [-0.3, -0.25) is 4.57 Å². The van der Waals surface area contributed by atoms with Gasteiger partial charge in [-0.1, -0.05) is 43.8 Å². The quantitative estimate of drug-likeness (QED) is 0.670. The molecule has 0 aliphatic carbocycles. The number of nitrogens with zero attached hydrogens (tertiary/aromatic N) is 5. The number of nitrogens with two attached hydrogens (primary N) is 1. The van der Waals surface area contributed by atoms with Gasteiger partial charge in [-0.25, -0.2) is 0 Å². The summed E-state index contributed by atoms with van der Waals surface area (Å²) in [4.78, 5) is 4.45. The van der Waals surface area contributed by atoms with Gasteiger partial charge in [0.25, 0.3) is 0 Å². The normalized spacial score (nSPS) is 13.3. The third-order valence-electron chi connectivity index (χ3n) is 2.80. The molecule has 2 heterocycles. The summed E-state index contributed by atoms with van der Waals surface area (Å²) in [5.41, 5.74) is 5.64. The molecule has 2 rings (SSSR count). The van der Waals surface area contributed by atoms with Gasteiger partial charge in [0.2, 0.25) is 11.8 Å². The van der Waals surface area contributed by atoms with Crippen LogP contribution in [0.3, 0.4) is 0 Å². The van der Waals surface area contributed by atoms with Gasteiger partial charge in [-0.15, -0.1) is 16.8 Å². The Labute approximate surface area is 128 Å². The molecule has 0 bridgehead atoms. The highest BCUT2D eigenvalue weighted by atomic mass is 32.2. The molecule has 0 spiro atoms. The first-order valence-electron chi connectivity index (χ1n) is 6.63. The van der Waals surface area contributed by atoms with Gasteiger partial charge < -0.3 is 10.3 Å². The number of thioether (sulfide) groups is 1. The van der Waals surface area contributed by atoms with Crippen LogP contribution in [0.2, 0.25) is 0 Å². The van der Waals surface area contributed by atoms with Gasteiger partial charge >= 0.3 is 0 Å². The van der Waals surface area contributed by atoms with Crippen LogP contribution in [0.5, 0.6) is 0 Å². The van der Waals surface area contributed by atoms with Crippen LogP contribution in [0, 0.1) is 0 Å². The monoisotopic (exact) mass is 308 g/mol. The predicted molar refractivity (Wildman–Crippen MR) is 81.9 cm³/mol. The van der Waals surface area contributed by atoms with Gasteiger partial charge in [0.15, 0.2) is 11.0 Å². The predicted octanol–water partition coefficient (Wildman–Crippen LogP) is 2.58. The molecule has 0 saturated heterocycles. The summed E-state index contributed by atoms with van der Waals surface area (Å²) in [6, 6.07) is 0. The Bertz CT molecular complexity index is 627. The molecule has 0 amide bonds. The molecule has 8 heteroatoms. The van der Waals surface area contributed by atoms with Crippen molar-refractivity contribution in [2.45, 2.75) is 50.1 Å². The summed E-state index contributed by atoms with van der Waals surface area (Å²) in [5.74, 6) is 1.62. The van der Waals surface area contributed by atoms with Crippen molar-refractivity contribution in [1.29, 1.82) is 0 Å². The van der Waals surface area contributed by atoms with Gasteiger partial charge in [0.05, 0.1) is 5.25 Å². The van der Waals surface area contributed by atoms with E-state index in [1.165, 1.54) is 11.8 Å². The van der Waals surface area contributed by atoms with Crippen LogP contribution in [0.15, 0.2) is 22.3 Å². The third-order valence-corrected chi connectivity index (χ3v) is 3.87. The minimum absolute atomic E-state index is 0.0410. The molecule has 1 atom stereocenters. The molecule has 2 N–H and O–H groups in total. The average molecular weight is 308 g/mol. The number of nitrogen functional groups attached to an aromatic ring is 1. The van der Waals surface area contributed by atoms with E-state index in [-0.39, 0.29) is 10.7 Å². The van der Waals surface area contributed by atoms with Crippen molar-refractivity contribution in [2.24, 2.45) is 0 Å². The standard InChI is InChI=1S/C13H20N6OS/c1-6-7-19-11(14)16-17-12(19)21-8(2)9-15-10(18-20-9)13(3,4)5/h6,8H,1,7H2,2-5H3,(H2,14,16). The van der Waals surface area contributed by atoms with E-state index in [9.17, 15) is 0 Å². The van der Waals surface area contributed by atoms with Crippen LogP contribution in [-0.2, 0) is 12.0 Å². The van der Waals surface area contributed by atoms with Crippen LogP contribution in [0.25, 0.3) is 0 Å². The maximum absolute atomic E-state index is 5.78. The lowest BCUT2D eigenvalue weighted by atomic mass is 9.96. The lowest BCUT2D eigenvalue weighted by molar-refractivity contribution is 0.364. The van der Waals surface area contributed by atoms with Crippen LogP contribution < -0.4 is 5.73 Å². The fourth-order valence-electron chi connectivity index (χ4n) is 1.60. The Hall–Kier alpha value is -1.83. The highest BCUT2D eigenvalue weighted by Gasteiger charge is 2.24. The van der Waals surface area contributed by atoms with E-state index in [1.54, 1.807) is 10.6 Å². The molecule has 0 saturated carbocycles. The number of anilines is 1. The topological polar surface area (TPSA) is 95.7 Å². The van der Waals surface area contributed by atoms with Crippen molar-refractivity contribution in [2.75, 3.05) is 5.73 Å². The Morgan fingerprint density at radius 2 is 2.14 bits per heavy atom. The van der Waals surface area contributed by atoms with Gasteiger partial charge in [-0.2, -0.15) is 4.98 Å². The molecule has 0 radical (unpaired) electrons. The zero-order valence-corrected chi connectivity index (χ0v) is 13.5. The summed E-state index contributed by atoms with van der Waals surface area (Å²) in [7, 11) is 0. The van der Waals surface area contributed by atoms with Crippen molar-refractivity contribution in [3.63, 3.8) is 0 Å². The highest BCUT2D eigenvalue weighted by Crippen LogP contribution is 2.34. The van der Waals surface area contributed by atoms with Gasteiger partial charge in [-0.05, 0) is 6.92 Å². The summed E-state index contributed by atoms with van der Waals surface area (Å²) in [6.07, 6.45) is 1.75. The van der Waals surface area contributed by atoms with E-state index in [0.29, 0.717) is 29.4 Å². The van der Waals surface area contributed by atoms with Crippen molar-refractivity contribution in [3.05, 3.63) is 24.4 Å². The first-order valence-corrected chi connectivity index (χ1v) is 7.51. The van der Waals surface area contributed by atoms with E-state index < -0.39 is 0 Å². The van der Waals surface area contributed by atoms with Crippen LogP contribution >= 0.6 is 11.8 Å². The fraction of sp³-hybridized carbons (Fsp3) is 0.538. The molecule has 114 valence electrons. The summed E-state index contributed by atoms with van der Waals surface area (Å²) in [5, 5.41) is 12.6. The zero-order chi connectivity index (χ0) is 15.6. The smallest absolute Gasteiger partial charge is 0.239 e. The largest absolute Gasteiger partial charge is 0.368 e. The molecule has 0 aromatic carbocycles. The van der Waals surface area contributed by atoms with Crippen LogP contribution in [0.1, 0.15) is 44.7 Å². The van der Waals surface area contributed by atoms with Crippen molar-refractivity contribution < 1.29 is 4.52 Å². The lowest BCUT2D eigenvalue weighted by Gasteiger charge is -2.11. The number of allylic oxidation sites excluding steroid dienone is 1. The summed E-state index contributed by atoms with van der Waals surface area (Å²) >= 11 is 1.47. The zero-order valence-electron chi connectivity index (χ0n) is 12.7. The Morgan fingerprint density at radius 1 is 1.43 bits per heavy atom.